The molecule has 0 heterocycles. The molecule has 5 aromatic carbocycles. The SMILES string of the molecule is CC(C)C1[C-]=CC(C(C)(C)C)=C1.CC1=CC(C)(C)c2cc3[cH-]c4cc5c(cc4c3cc21)C(C)=CC5(C)C.Clc1cccc([C](=[Zr+2])c2cccc(Cl)c2)c1.[Cl-].[Cl-]. The van der Waals surface area contributed by atoms with Gasteiger partial charge in [0.25, 0.3) is 0 Å². The van der Waals surface area contributed by atoms with Crippen molar-refractivity contribution in [3.05, 3.63) is 158 Å². The van der Waals surface area contributed by atoms with Gasteiger partial charge in [0, 0.05) is 10.8 Å². The molecule has 0 nitrogen and oxygen atoms in total. The monoisotopic (exact) mass is 882 g/mol. The van der Waals surface area contributed by atoms with Crippen molar-refractivity contribution in [1.82, 2.24) is 0 Å². The molecule has 0 spiro atoms. The van der Waals surface area contributed by atoms with Gasteiger partial charge in [0.2, 0.25) is 0 Å². The molecule has 3 aliphatic carbocycles. The molecule has 1 unspecified atom stereocenters. The van der Waals surface area contributed by atoms with Crippen molar-refractivity contribution in [1.29, 1.82) is 0 Å². The maximum Gasteiger partial charge on any atom is -1.00 e. The first-order valence-electron chi connectivity index (χ1n) is 18.8. The zero-order valence-corrected chi connectivity index (χ0v) is 39.5. The summed E-state index contributed by atoms with van der Waals surface area (Å²) in [5.41, 5.74) is 12.9. The fourth-order valence-electron chi connectivity index (χ4n) is 8.00. The van der Waals surface area contributed by atoms with E-state index in [1.165, 1.54) is 88.0 Å². The Morgan fingerprint density at radius 1 is 0.727 bits per heavy atom. The summed E-state index contributed by atoms with van der Waals surface area (Å²) in [6, 6.07) is 27.9. The number of rotatable bonds is 3. The first kappa shape index (κ1) is 45.3. The molecule has 0 radical (unpaired) electrons. The van der Waals surface area contributed by atoms with Gasteiger partial charge >= 0.3 is 120 Å². The van der Waals surface area contributed by atoms with Gasteiger partial charge in [-0.05, 0) is 36.1 Å². The van der Waals surface area contributed by atoms with Crippen molar-refractivity contribution in [2.75, 3.05) is 0 Å². The number of hydrogen-bond acceptors (Lipinski definition) is 0. The van der Waals surface area contributed by atoms with Crippen LogP contribution in [0.2, 0.25) is 10.0 Å². The Kier molecular flexibility index (Phi) is 14.2. The summed E-state index contributed by atoms with van der Waals surface area (Å²) in [5, 5.41) is 7.10. The second kappa shape index (κ2) is 17.2. The van der Waals surface area contributed by atoms with Crippen LogP contribution in [0.5, 0.6) is 0 Å². The fourth-order valence-corrected chi connectivity index (χ4v) is 9.14. The molecule has 0 fully saturated rings. The molecule has 0 amide bonds. The van der Waals surface area contributed by atoms with Crippen LogP contribution in [0, 0.1) is 23.3 Å². The Morgan fingerprint density at radius 2 is 1.16 bits per heavy atom. The first-order chi connectivity index (χ1) is 24.7. The van der Waals surface area contributed by atoms with Crippen molar-refractivity contribution in [2.24, 2.45) is 17.3 Å². The summed E-state index contributed by atoms with van der Waals surface area (Å²) in [5.74, 6) is 1.22. The minimum Gasteiger partial charge on any atom is -1.00 e. The molecule has 5 aromatic rings. The maximum atomic E-state index is 5.98. The molecule has 5 heteroatoms. The van der Waals surface area contributed by atoms with Crippen LogP contribution in [-0.4, -0.2) is 3.21 Å². The van der Waals surface area contributed by atoms with Gasteiger partial charge in [-0.2, -0.15) is 11.6 Å². The molecule has 0 bridgehead atoms. The van der Waals surface area contributed by atoms with E-state index < -0.39 is 0 Å². The summed E-state index contributed by atoms with van der Waals surface area (Å²) in [4.78, 5) is 0. The second-order valence-electron chi connectivity index (χ2n) is 17.6. The summed E-state index contributed by atoms with van der Waals surface area (Å²) in [6.45, 7) is 25.0. The minimum absolute atomic E-state index is 0. The maximum absolute atomic E-state index is 5.98. The number of halogens is 4. The van der Waals surface area contributed by atoms with E-state index in [0.717, 1.165) is 21.2 Å². The van der Waals surface area contributed by atoms with Gasteiger partial charge in [-0.1, -0.05) is 115 Å². The second-order valence-corrected chi connectivity index (χ2v) is 19.7. The Labute approximate surface area is 367 Å². The van der Waals surface area contributed by atoms with E-state index in [-0.39, 0.29) is 41.1 Å². The van der Waals surface area contributed by atoms with Gasteiger partial charge in [-0.25, -0.2) is 6.08 Å². The Bertz CT molecular complexity index is 2230. The summed E-state index contributed by atoms with van der Waals surface area (Å²) < 4.78 is 1.26. The molecule has 0 saturated heterocycles. The molecule has 1 atom stereocenters. The Hall–Kier alpha value is -2.38. The average molecular weight is 886 g/mol. The fraction of sp³-hybridized carbons (Fsp3) is 0.320. The largest absolute Gasteiger partial charge is 1.00 e. The van der Waals surface area contributed by atoms with Gasteiger partial charge in [-0.15, -0.1) is 39.7 Å². The minimum atomic E-state index is 0. The Balaban J connectivity index is 0.000000195. The van der Waals surface area contributed by atoms with Crippen LogP contribution in [0.4, 0.5) is 0 Å². The van der Waals surface area contributed by atoms with E-state index in [1.807, 2.05) is 36.4 Å². The van der Waals surface area contributed by atoms with Crippen LogP contribution in [0.1, 0.15) is 110 Å². The predicted octanol–water partition coefficient (Wildman–Crippen LogP) is 8.82. The molecule has 286 valence electrons. The molecule has 0 saturated carbocycles. The summed E-state index contributed by atoms with van der Waals surface area (Å²) in [7, 11) is 0. The molecule has 55 heavy (non-hydrogen) atoms. The average Bonchev–Trinajstić information content (AvgIpc) is 3.82. The number of allylic oxidation sites excluding steroid dienone is 8. The molecular weight excluding hydrogens is 834 g/mol. The smallest absolute Gasteiger partial charge is 1.00 e. The Morgan fingerprint density at radius 3 is 1.51 bits per heavy atom. The van der Waals surface area contributed by atoms with Crippen molar-refractivity contribution < 1.29 is 49.0 Å². The zero-order valence-electron chi connectivity index (χ0n) is 34.0. The standard InChI is InChI=1S/C25H25.C13H8Cl2.C12H19.2ClH.Zr/c1-14-12-24(3,4)22-8-16-7-17-9-23-19(15(2)13-25(23,5)6)11-21(17)20(16)10-18(14)22;14-12-5-1-3-10(8-12)7-11-4-2-6-13(15)9-11;1-9(2)10-6-7-11(8-10)12(3,4)5;;;/h7-13H,1-6H3;1-6,8-9H;7-10H,1-5H3;2*1H;/q-1;;-1;;;+2/p-2. The molecular formula is C50H52Cl4Zr-2. The van der Waals surface area contributed by atoms with E-state index in [9.17, 15) is 0 Å². The summed E-state index contributed by atoms with van der Waals surface area (Å²) >= 11 is 13.3. The number of fused-ring (bicyclic) bond motifs is 5. The third kappa shape index (κ3) is 9.68. The van der Waals surface area contributed by atoms with Crippen LogP contribution in [0.25, 0.3) is 32.7 Å². The zero-order chi connectivity index (χ0) is 38.6. The first-order valence-corrected chi connectivity index (χ1v) is 20.8. The molecule has 0 aromatic heterocycles. The van der Waals surface area contributed by atoms with Gasteiger partial charge in [-0.3, -0.25) is 6.08 Å². The molecule has 3 aliphatic rings. The summed E-state index contributed by atoms with van der Waals surface area (Å²) in [6.07, 6.45) is 12.7. The topological polar surface area (TPSA) is 0 Å². The third-order valence-corrected chi connectivity index (χ3v) is 12.9. The van der Waals surface area contributed by atoms with E-state index in [1.54, 1.807) is 0 Å². The van der Waals surface area contributed by atoms with Crippen molar-refractivity contribution in [2.45, 2.75) is 87.0 Å². The third-order valence-electron chi connectivity index (χ3n) is 11.0. The van der Waals surface area contributed by atoms with Crippen LogP contribution in [0.15, 0.2) is 109 Å². The van der Waals surface area contributed by atoms with Crippen LogP contribution in [-0.2, 0) is 35.1 Å². The molecule has 0 N–H and O–H groups in total. The van der Waals surface area contributed by atoms with E-state index in [4.69, 9.17) is 23.2 Å². The van der Waals surface area contributed by atoms with E-state index in [2.05, 4.69) is 149 Å². The van der Waals surface area contributed by atoms with Crippen molar-refractivity contribution >= 4 is 59.1 Å². The molecule has 0 aliphatic heterocycles. The normalized spacial score (nSPS) is 17.2. The van der Waals surface area contributed by atoms with Crippen LogP contribution < -0.4 is 24.8 Å². The number of benzene rings is 4. The van der Waals surface area contributed by atoms with Gasteiger partial charge in [0.1, 0.15) is 0 Å². The predicted molar refractivity (Wildman–Crippen MR) is 230 cm³/mol. The quantitative estimate of drug-likeness (QED) is 0.159. The number of hydrogen-bond donors (Lipinski definition) is 0. The van der Waals surface area contributed by atoms with E-state index >= 15 is 0 Å². The van der Waals surface area contributed by atoms with E-state index in [0.29, 0.717) is 11.8 Å². The van der Waals surface area contributed by atoms with Gasteiger partial charge < -0.3 is 24.8 Å². The molecule has 8 rings (SSSR count). The van der Waals surface area contributed by atoms with Gasteiger partial charge in [0.05, 0.1) is 0 Å². The van der Waals surface area contributed by atoms with Crippen molar-refractivity contribution in [3.63, 3.8) is 0 Å². The van der Waals surface area contributed by atoms with Gasteiger partial charge in [0.15, 0.2) is 0 Å². The van der Waals surface area contributed by atoms with Crippen LogP contribution >= 0.6 is 23.2 Å². The van der Waals surface area contributed by atoms with Crippen molar-refractivity contribution in [3.8, 4) is 0 Å². The van der Waals surface area contributed by atoms with Crippen LogP contribution in [0.3, 0.4) is 0 Å².